The second kappa shape index (κ2) is 3.31. The van der Waals surface area contributed by atoms with Crippen LogP contribution in [0.5, 0.6) is 0 Å². The van der Waals surface area contributed by atoms with Crippen LogP contribution in [0.2, 0.25) is 0 Å². The first kappa shape index (κ1) is 9.33. The van der Waals surface area contributed by atoms with E-state index in [0.717, 1.165) is 29.8 Å². The van der Waals surface area contributed by atoms with Crippen molar-refractivity contribution in [1.82, 2.24) is 0 Å². The van der Waals surface area contributed by atoms with Crippen molar-refractivity contribution in [3.63, 3.8) is 0 Å². The monoisotopic (exact) mass is 187 g/mol. The zero-order valence-corrected chi connectivity index (χ0v) is 7.67. The van der Waals surface area contributed by atoms with E-state index in [2.05, 4.69) is 5.32 Å². The Balaban J connectivity index is 0.000000720. The Morgan fingerprint density at radius 2 is 2.17 bits per heavy atom. The minimum atomic E-state index is -0.120. The Kier molecular flexibility index (Phi) is 2.58. The summed E-state index contributed by atoms with van der Waals surface area (Å²) < 4.78 is 12.8. The molecule has 66 valence electrons. The van der Waals surface area contributed by atoms with Crippen LogP contribution >= 0.6 is 12.4 Å². The van der Waals surface area contributed by atoms with Gasteiger partial charge in [-0.2, -0.15) is 0 Å². The summed E-state index contributed by atoms with van der Waals surface area (Å²) >= 11 is 0. The van der Waals surface area contributed by atoms with E-state index in [0.29, 0.717) is 0 Å². The van der Waals surface area contributed by atoms with Crippen molar-refractivity contribution in [3.8, 4) is 0 Å². The topological polar surface area (TPSA) is 12.0 Å². The standard InChI is InChI=1S/C9H10FN.ClH/c1-6-4-8(10)5-7-2-3-11-9(6)7;/h4-5,11H,2-3H2,1H3;1H. The fourth-order valence-electron chi connectivity index (χ4n) is 1.58. The highest BCUT2D eigenvalue weighted by Crippen LogP contribution is 2.26. The van der Waals surface area contributed by atoms with Crippen LogP contribution in [-0.2, 0) is 6.42 Å². The Labute approximate surface area is 77.4 Å². The minimum Gasteiger partial charge on any atom is -0.384 e. The molecule has 1 aliphatic rings. The highest BCUT2D eigenvalue weighted by atomic mass is 35.5. The number of hydrogen-bond donors (Lipinski definition) is 1. The Morgan fingerprint density at radius 3 is 2.92 bits per heavy atom. The molecule has 0 spiro atoms. The molecule has 1 heterocycles. The van der Waals surface area contributed by atoms with Crippen LogP contribution in [-0.4, -0.2) is 6.54 Å². The first-order chi connectivity index (χ1) is 5.27. The van der Waals surface area contributed by atoms with Gasteiger partial charge in [0.1, 0.15) is 5.82 Å². The lowest BCUT2D eigenvalue weighted by atomic mass is 10.1. The molecular weight excluding hydrogens is 177 g/mol. The van der Waals surface area contributed by atoms with Gasteiger partial charge in [0.15, 0.2) is 0 Å². The summed E-state index contributed by atoms with van der Waals surface area (Å²) in [5.74, 6) is -0.120. The molecule has 1 aliphatic heterocycles. The van der Waals surface area contributed by atoms with Gasteiger partial charge in [0.2, 0.25) is 0 Å². The van der Waals surface area contributed by atoms with Crippen molar-refractivity contribution in [3.05, 3.63) is 29.1 Å². The summed E-state index contributed by atoms with van der Waals surface area (Å²) in [7, 11) is 0. The van der Waals surface area contributed by atoms with Gasteiger partial charge in [0.05, 0.1) is 0 Å². The van der Waals surface area contributed by atoms with Crippen molar-refractivity contribution >= 4 is 18.1 Å². The number of halogens is 2. The SMILES string of the molecule is Cc1cc(F)cc2c1NCC2.Cl. The largest absolute Gasteiger partial charge is 0.384 e. The van der Waals surface area contributed by atoms with Gasteiger partial charge in [0.25, 0.3) is 0 Å². The van der Waals surface area contributed by atoms with Gasteiger partial charge in [-0.15, -0.1) is 12.4 Å². The van der Waals surface area contributed by atoms with E-state index in [4.69, 9.17) is 0 Å². The summed E-state index contributed by atoms with van der Waals surface area (Å²) in [5, 5.41) is 3.23. The van der Waals surface area contributed by atoms with E-state index < -0.39 is 0 Å². The number of fused-ring (bicyclic) bond motifs is 1. The lowest BCUT2D eigenvalue weighted by Gasteiger charge is -2.03. The number of anilines is 1. The molecule has 0 amide bonds. The third-order valence-electron chi connectivity index (χ3n) is 2.08. The zero-order valence-electron chi connectivity index (χ0n) is 6.86. The first-order valence-electron chi connectivity index (χ1n) is 3.80. The molecular formula is C9H11ClFN. The van der Waals surface area contributed by atoms with Gasteiger partial charge in [-0.3, -0.25) is 0 Å². The molecule has 0 aliphatic carbocycles. The summed E-state index contributed by atoms with van der Waals surface area (Å²) in [5.41, 5.74) is 3.26. The lowest BCUT2D eigenvalue weighted by Crippen LogP contribution is -1.92. The second-order valence-corrected chi connectivity index (χ2v) is 2.93. The van der Waals surface area contributed by atoms with Gasteiger partial charge in [-0.25, -0.2) is 4.39 Å². The van der Waals surface area contributed by atoms with Gasteiger partial charge < -0.3 is 5.32 Å². The highest BCUT2D eigenvalue weighted by molar-refractivity contribution is 5.85. The molecule has 1 aromatic rings. The zero-order chi connectivity index (χ0) is 7.84. The molecule has 3 heteroatoms. The molecule has 12 heavy (non-hydrogen) atoms. The molecule has 1 aromatic carbocycles. The van der Waals surface area contributed by atoms with Crippen molar-refractivity contribution < 1.29 is 4.39 Å². The number of rotatable bonds is 0. The van der Waals surface area contributed by atoms with Crippen LogP contribution in [0.1, 0.15) is 11.1 Å². The van der Waals surface area contributed by atoms with Crippen LogP contribution in [0.3, 0.4) is 0 Å². The molecule has 0 atom stereocenters. The highest BCUT2D eigenvalue weighted by Gasteiger charge is 2.12. The summed E-state index contributed by atoms with van der Waals surface area (Å²) in [6.45, 7) is 2.87. The van der Waals surface area contributed by atoms with Gasteiger partial charge in [0, 0.05) is 12.2 Å². The van der Waals surface area contributed by atoms with Crippen LogP contribution < -0.4 is 5.32 Å². The molecule has 2 rings (SSSR count). The van der Waals surface area contributed by atoms with Crippen molar-refractivity contribution in [2.45, 2.75) is 13.3 Å². The van der Waals surface area contributed by atoms with Crippen molar-refractivity contribution in [2.24, 2.45) is 0 Å². The van der Waals surface area contributed by atoms with Crippen LogP contribution in [0.4, 0.5) is 10.1 Å². The molecule has 0 radical (unpaired) electrons. The van der Waals surface area contributed by atoms with Crippen LogP contribution in [0, 0.1) is 12.7 Å². The summed E-state index contributed by atoms with van der Waals surface area (Å²) in [6.07, 6.45) is 0.952. The van der Waals surface area contributed by atoms with E-state index in [1.54, 1.807) is 12.1 Å². The van der Waals surface area contributed by atoms with Gasteiger partial charge in [-0.1, -0.05) is 0 Å². The fourth-order valence-corrected chi connectivity index (χ4v) is 1.58. The maximum absolute atomic E-state index is 12.8. The quantitative estimate of drug-likeness (QED) is 0.658. The average molecular weight is 188 g/mol. The first-order valence-corrected chi connectivity index (χ1v) is 3.80. The predicted octanol–water partition coefficient (Wildman–Crippen LogP) is 2.52. The number of nitrogens with one attached hydrogen (secondary N) is 1. The van der Waals surface area contributed by atoms with Gasteiger partial charge in [-0.05, 0) is 36.6 Å². The van der Waals surface area contributed by atoms with Crippen molar-refractivity contribution in [2.75, 3.05) is 11.9 Å². The maximum atomic E-state index is 12.8. The number of aryl methyl sites for hydroxylation is 1. The third-order valence-corrected chi connectivity index (χ3v) is 2.08. The predicted molar refractivity (Wildman–Crippen MR) is 50.6 cm³/mol. The van der Waals surface area contributed by atoms with E-state index in [1.807, 2.05) is 6.92 Å². The molecule has 1 N–H and O–H groups in total. The van der Waals surface area contributed by atoms with Crippen LogP contribution in [0.25, 0.3) is 0 Å². The van der Waals surface area contributed by atoms with E-state index in [9.17, 15) is 4.39 Å². The lowest BCUT2D eigenvalue weighted by molar-refractivity contribution is 0.625. The molecule has 0 bridgehead atoms. The second-order valence-electron chi connectivity index (χ2n) is 2.93. The van der Waals surface area contributed by atoms with Crippen LogP contribution in [0.15, 0.2) is 12.1 Å². The summed E-state index contributed by atoms with van der Waals surface area (Å²) in [4.78, 5) is 0. The third kappa shape index (κ3) is 1.39. The molecule has 0 aromatic heterocycles. The van der Waals surface area contributed by atoms with E-state index in [1.165, 1.54) is 0 Å². The number of benzene rings is 1. The maximum Gasteiger partial charge on any atom is 0.123 e. The number of hydrogen-bond acceptors (Lipinski definition) is 1. The smallest absolute Gasteiger partial charge is 0.123 e. The van der Waals surface area contributed by atoms with Gasteiger partial charge >= 0.3 is 0 Å². The molecule has 0 unspecified atom stereocenters. The normalized spacial score (nSPS) is 13.2. The minimum absolute atomic E-state index is 0. The molecule has 0 saturated heterocycles. The average Bonchev–Trinajstić information content (AvgIpc) is 2.34. The summed E-state index contributed by atoms with van der Waals surface area (Å²) in [6, 6.07) is 3.18. The van der Waals surface area contributed by atoms with E-state index >= 15 is 0 Å². The Bertz CT molecular complexity index is 299. The fraction of sp³-hybridized carbons (Fsp3) is 0.333. The molecule has 1 nitrogen and oxygen atoms in total. The Morgan fingerprint density at radius 1 is 1.42 bits per heavy atom. The molecule has 0 fully saturated rings. The molecule has 0 saturated carbocycles. The Hall–Kier alpha value is -0.760. The van der Waals surface area contributed by atoms with Crippen molar-refractivity contribution in [1.29, 1.82) is 0 Å². The van der Waals surface area contributed by atoms with E-state index in [-0.39, 0.29) is 18.2 Å².